The fourth-order valence-electron chi connectivity index (χ4n) is 2.27. The van der Waals surface area contributed by atoms with Crippen LogP contribution >= 0.6 is 39.3 Å². The molecule has 2 aromatic carbocycles. The number of benzene rings is 2. The molecule has 0 radical (unpaired) electrons. The van der Waals surface area contributed by atoms with E-state index in [1.807, 2.05) is 0 Å². The molecule has 3 aromatic rings. The standard InChI is InChI=1S/C18H14BrClF2N4O2S/c1-26-15(8-28-14-5-3-2-4-12(14)20)24-25-18(26)29-9-16(27)23-17-11(19)6-10(21)7-13(17)22/h2-7H,8-9H2,1H3,(H,23,27). The number of carbonyl (C=O) groups is 1. The van der Waals surface area contributed by atoms with Crippen molar-refractivity contribution in [3.8, 4) is 5.75 Å². The van der Waals surface area contributed by atoms with Crippen LogP contribution in [0.2, 0.25) is 5.02 Å². The quantitative estimate of drug-likeness (QED) is 0.468. The monoisotopic (exact) mass is 502 g/mol. The van der Waals surface area contributed by atoms with E-state index in [0.717, 1.165) is 17.8 Å². The van der Waals surface area contributed by atoms with Crippen molar-refractivity contribution in [2.45, 2.75) is 11.8 Å². The van der Waals surface area contributed by atoms with E-state index in [1.54, 1.807) is 35.9 Å². The second kappa shape index (κ2) is 9.55. The van der Waals surface area contributed by atoms with Crippen LogP contribution < -0.4 is 10.1 Å². The number of carbonyl (C=O) groups excluding carboxylic acids is 1. The molecule has 152 valence electrons. The van der Waals surface area contributed by atoms with E-state index in [1.165, 1.54) is 0 Å². The Labute approximate surface area is 182 Å². The molecule has 1 aromatic heterocycles. The summed E-state index contributed by atoms with van der Waals surface area (Å²) in [6.45, 7) is 0.147. The summed E-state index contributed by atoms with van der Waals surface area (Å²) in [4.78, 5) is 12.1. The number of para-hydroxylation sites is 1. The largest absolute Gasteiger partial charge is 0.484 e. The van der Waals surface area contributed by atoms with Gasteiger partial charge in [-0.2, -0.15) is 0 Å². The van der Waals surface area contributed by atoms with Crippen molar-refractivity contribution in [2.24, 2.45) is 7.05 Å². The van der Waals surface area contributed by atoms with Crippen molar-refractivity contribution in [2.75, 3.05) is 11.1 Å². The van der Waals surface area contributed by atoms with Crippen LogP contribution in [-0.4, -0.2) is 26.4 Å². The third-order valence-electron chi connectivity index (χ3n) is 3.72. The normalized spacial score (nSPS) is 10.8. The van der Waals surface area contributed by atoms with E-state index in [0.29, 0.717) is 27.8 Å². The highest BCUT2D eigenvalue weighted by Gasteiger charge is 2.15. The summed E-state index contributed by atoms with van der Waals surface area (Å²) in [5, 5.41) is 11.4. The average molecular weight is 504 g/mol. The summed E-state index contributed by atoms with van der Waals surface area (Å²) in [5.41, 5.74) is -0.121. The molecule has 0 aliphatic rings. The molecule has 1 amide bonds. The molecule has 11 heteroatoms. The molecular weight excluding hydrogens is 490 g/mol. The number of nitrogens with one attached hydrogen (secondary N) is 1. The minimum atomic E-state index is -0.868. The molecule has 0 saturated heterocycles. The first-order valence-corrected chi connectivity index (χ1v) is 10.3. The Hall–Kier alpha value is -2.17. The molecule has 0 unspecified atom stereocenters. The van der Waals surface area contributed by atoms with E-state index in [9.17, 15) is 13.6 Å². The van der Waals surface area contributed by atoms with Crippen LogP contribution in [-0.2, 0) is 18.4 Å². The number of halogens is 4. The highest BCUT2D eigenvalue weighted by atomic mass is 79.9. The average Bonchev–Trinajstić information content (AvgIpc) is 3.02. The number of anilines is 1. The Morgan fingerprint density at radius 2 is 2.07 bits per heavy atom. The molecule has 29 heavy (non-hydrogen) atoms. The SMILES string of the molecule is Cn1c(COc2ccccc2Cl)nnc1SCC(=O)Nc1c(F)cc(F)cc1Br. The molecule has 0 atom stereocenters. The molecule has 6 nitrogen and oxygen atoms in total. The van der Waals surface area contributed by atoms with Gasteiger partial charge in [0, 0.05) is 17.6 Å². The van der Waals surface area contributed by atoms with Crippen molar-refractivity contribution in [3.05, 3.63) is 63.4 Å². The van der Waals surface area contributed by atoms with Gasteiger partial charge < -0.3 is 14.6 Å². The molecule has 1 N–H and O–H groups in total. The van der Waals surface area contributed by atoms with Crippen molar-refractivity contribution in [1.29, 1.82) is 0 Å². The lowest BCUT2D eigenvalue weighted by atomic mass is 10.3. The van der Waals surface area contributed by atoms with Gasteiger partial charge in [-0.25, -0.2) is 8.78 Å². The van der Waals surface area contributed by atoms with Gasteiger partial charge in [0.1, 0.15) is 18.2 Å². The van der Waals surface area contributed by atoms with Gasteiger partial charge in [0.15, 0.2) is 16.8 Å². The lowest BCUT2D eigenvalue weighted by molar-refractivity contribution is -0.113. The van der Waals surface area contributed by atoms with Crippen LogP contribution in [0.15, 0.2) is 46.0 Å². The fraction of sp³-hybridized carbons (Fsp3) is 0.167. The zero-order valence-electron chi connectivity index (χ0n) is 15.0. The zero-order chi connectivity index (χ0) is 21.0. The Balaban J connectivity index is 1.57. The summed E-state index contributed by atoms with van der Waals surface area (Å²) >= 11 is 10.2. The van der Waals surface area contributed by atoms with Crippen LogP contribution in [0.4, 0.5) is 14.5 Å². The molecule has 0 bridgehead atoms. The van der Waals surface area contributed by atoms with Crippen LogP contribution in [0.3, 0.4) is 0 Å². The summed E-state index contributed by atoms with van der Waals surface area (Å²) < 4.78 is 34.4. The first kappa shape index (κ1) is 21.5. The Morgan fingerprint density at radius 3 is 2.79 bits per heavy atom. The summed E-state index contributed by atoms with van der Waals surface area (Å²) in [5.74, 6) is -1.06. The van der Waals surface area contributed by atoms with Gasteiger partial charge in [-0.05, 0) is 34.1 Å². The lowest BCUT2D eigenvalue weighted by Gasteiger charge is -2.09. The van der Waals surface area contributed by atoms with Crippen LogP contribution in [0, 0.1) is 11.6 Å². The topological polar surface area (TPSA) is 69.0 Å². The first-order chi connectivity index (χ1) is 13.8. The number of amides is 1. The minimum Gasteiger partial charge on any atom is -0.484 e. The summed E-state index contributed by atoms with van der Waals surface area (Å²) in [6, 6.07) is 8.83. The second-order valence-electron chi connectivity index (χ2n) is 5.76. The third-order valence-corrected chi connectivity index (χ3v) is 5.68. The Bertz CT molecular complexity index is 1030. The van der Waals surface area contributed by atoms with E-state index < -0.39 is 17.5 Å². The second-order valence-corrected chi connectivity index (χ2v) is 7.96. The predicted molar refractivity (Wildman–Crippen MR) is 110 cm³/mol. The van der Waals surface area contributed by atoms with Crippen LogP contribution in [0.25, 0.3) is 0 Å². The predicted octanol–water partition coefficient (Wildman–Crippen LogP) is 4.82. The first-order valence-electron chi connectivity index (χ1n) is 8.18. The van der Waals surface area contributed by atoms with Gasteiger partial charge >= 0.3 is 0 Å². The molecule has 1 heterocycles. The fourth-order valence-corrected chi connectivity index (χ4v) is 3.70. The molecule has 0 fully saturated rings. The molecule has 0 saturated carbocycles. The Morgan fingerprint density at radius 1 is 1.31 bits per heavy atom. The van der Waals surface area contributed by atoms with E-state index in [-0.39, 0.29) is 22.5 Å². The van der Waals surface area contributed by atoms with Gasteiger partial charge in [-0.15, -0.1) is 10.2 Å². The third kappa shape index (κ3) is 5.46. The smallest absolute Gasteiger partial charge is 0.234 e. The van der Waals surface area contributed by atoms with E-state index >= 15 is 0 Å². The van der Waals surface area contributed by atoms with Crippen molar-refractivity contribution >= 4 is 50.9 Å². The number of rotatable bonds is 7. The lowest BCUT2D eigenvalue weighted by Crippen LogP contribution is -2.16. The molecular formula is C18H14BrClF2N4O2S. The van der Waals surface area contributed by atoms with Crippen LogP contribution in [0.5, 0.6) is 5.75 Å². The number of aromatic nitrogens is 3. The minimum absolute atomic E-state index is 0.0411. The maximum atomic E-state index is 13.8. The van der Waals surface area contributed by atoms with Crippen molar-refractivity contribution in [3.63, 3.8) is 0 Å². The van der Waals surface area contributed by atoms with Gasteiger partial charge in [0.05, 0.1) is 16.5 Å². The Kier molecular flexibility index (Phi) is 7.09. The van der Waals surface area contributed by atoms with Crippen molar-refractivity contribution < 1.29 is 18.3 Å². The number of hydrogen-bond donors (Lipinski definition) is 1. The molecule has 0 aliphatic carbocycles. The van der Waals surface area contributed by atoms with Gasteiger partial charge in [-0.1, -0.05) is 35.5 Å². The van der Waals surface area contributed by atoms with E-state index in [2.05, 4.69) is 31.4 Å². The number of thioether (sulfide) groups is 1. The maximum Gasteiger partial charge on any atom is 0.234 e. The molecule has 3 rings (SSSR count). The van der Waals surface area contributed by atoms with Gasteiger partial charge in [0.25, 0.3) is 0 Å². The summed E-state index contributed by atoms with van der Waals surface area (Å²) in [6.07, 6.45) is 0. The highest BCUT2D eigenvalue weighted by Crippen LogP contribution is 2.28. The van der Waals surface area contributed by atoms with Crippen molar-refractivity contribution in [1.82, 2.24) is 14.8 Å². The van der Waals surface area contributed by atoms with Crippen LogP contribution in [0.1, 0.15) is 5.82 Å². The number of hydrogen-bond acceptors (Lipinski definition) is 5. The number of ether oxygens (including phenoxy) is 1. The van der Waals surface area contributed by atoms with E-state index in [4.69, 9.17) is 16.3 Å². The molecule has 0 aliphatic heterocycles. The highest BCUT2D eigenvalue weighted by molar-refractivity contribution is 9.10. The summed E-state index contributed by atoms with van der Waals surface area (Å²) in [7, 11) is 1.74. The maximum absolute atomic E-state index is 13.8. The zero-order valence-corrected chi connectivity index (χ0v) is 18.1. The number of nitrogens with zero attached hydrogens (tertiary/aromatic N) is 3. The molecule has 0 spiro atoms. The van der Waals surface area contributed by atoms with Gasteiger partial charge in [-0.3, -0.25) is 4.79 Å². The van der Waals surface area contributed by atoms with Gasteiger partial charge in [0.2, 0.25) is 5.91 Å².